The van der Waals surface area contributed by atoms with Crippen LogP contribution in [0.5, 0.6) is 11.5 Å². The number of thiophene rings is 1. The van der Waals surface area contributed by atoms with Gasteiger partial charge in [0.2, 0.25) is 5.90 Å². The first-order chi connectivity index (χ1) is 14.1. The second kappa shape index (κ2) is 8.79. The minimum Gasteiger partial charge on any atom is -0.493 e. The van der Waals surface area contributed by atoms with Gasteiger partial charge in [-0.25, -0.2) is 9.79 Å². The Morgan fingerprint density at radius 1 is 1.17 bits per heavy atom. The average molecular weight is 517 g/mol. The standard InChI is InChI=1S/C22H16INO4S/c1-26-18-12-15(10-16(23)20(18)27-13-14-6-3-2-4-7-14)11-17-22(25)28-21(24-17)19-8-5-9-29-19/h2-12H,13H2,1H3/b17-11-. The Morgan fingerprint density at radius 3 is 2.72 bits per heavy atom. The smallest absolute Gasteiger partial charge is 0.363 e. The molecule has 0 bridgehead atoms. The van der Waals surface area contributed by atoms with Gasteiger partial charge in [-0.05, 0) is 63.4 Å². The largest absolute Gasteiger partial charge is 0.493 e. The normalized spacial score (nSPS) is 14.6. The fraction of sp³-hybridized carbons (Fsp3) is 0.0909. The van der Waals surface area contributed by atoms with Crippen molar-refractivity contribution < 1.29 is 19.0 Å². The van der Waals surface area contributed by atoms with E-state index >= 15 is 0 Å². The van der Waals surface area contributed by atoms with Crippen molar-refractivity contribution in [1.82, 2.24) is 0 Å². The molecule has 0 aliphatic carbocycles. The van der Waals surface area contributed by atoms with Crippen LogP contribution >= 0.6 is 33.9 Å². The van der Waals surface area contributed by atoms with Gasteiger partial charge < -0.3 is 14.2 Å². The number of ether oxygens (including phenoxy) is 3. The highest BCUT2D eigenvalue weighted by Gasteiger charge is 2.25. The van der Waals surface area contributed by atoms with E-state index in [1.165, 1.54) is 11.3 Å². The molecule has 29 heavy (non-hydrogen) atoms. The van der Waals surface area contributed by atoms with Gasteiger partial charge in [0.15, 0.2) is 17.2 Å². The molecule has 1 aliphatic heterocycles. The predicted molar refractivity (Wildman–Crippen MR) is 121 cm³/mol. The molecule has 146 valence electrons. The maximum absolute atomic E-state index is 12.2. The van der Waals surface area contributed by atoms with Gasteiger partial charge in [-0.3, -0.25) is 0 Å². The van der Waals surface area contributed by atoms with Gasteiger partial charge in [0.25, 0.3) is 0 Å². The molecule has 2 heterocycles. The molecule has 0 unspecified atom stereocenters. The monoisotopic (exact) mass is 517 g/mol. The summed E-state index contributed by atoms with van der Waals surface area (Å²) in [5.41, 5.74) is 2.10. The molecule has 0 saturated heterocycles. The zero-order chi connectivity index (χ0) is 20.2. The molecule has 5 nitrogen and oxygen atoms in total. The van der Waals surface area contributed by atoms with Crippen molar-refractivity contribution in [3.05, 3.63) is 85.2 Å². The minimum atomic E-state index is -0.466. The maximum atomic E-state index is 12.2. The van der Waals surface area contributed by atoms with Gasteiger partial charge in [-0.1, -0.05) is 36.4 Å². The lowest BCUT2D eigenvalue weighted by atomic mass is 10.1. The number of methoxy groups -OCH3 is 1. The molecular formula is C22H16INO4S. The van der Waals surface area contributed by atoms with E-state index in [-0.39, 0.29) is 5.70 Å². The fourth-order valence-electron chi connectivity index (χ4n) is 2.77. The molecule has 1 aromatic heterocycles. The first-order valence-corrected chi connectivity index (χ1v) is 10.7. The Balaban J connectivity index is 1.59. The number of rotatable bonds is 6. The highest BCUT2D eigenvalue weighted by molar-refractivity contribution is 14.1. The lowest BCUT2D eigenvalue weighted by Gasteiger charge is -2.13. The Hall–Kier alpha value is -2.65. The molecule has 0 radical (unpaired) electrons. The molecule has 0 N–H and O–H groups in total. The van der Waals surface area contributed by atoms with Crippen molar-refractivity contribution in [2.75, 3.05) is 7.11 Å². The van der Waals surface area contributed by atoms with Gasteiger partial charge >= 0.3 is 5.97 Å². The molecule has 0 fully saturated rings. The third-order valence-electron chi connectivity index (χ3n) is 4.13. The Kier molecular flexibility index (Phi) is 5.96. The van der Waals surface area contributed by atoms with Gasteiger partial charge in [-0.2, -0.15) is 0 Å². The number of carbonyl (C=O) groups excluding carboxylic acids is 1. The number of aliphatic imine (C=N–C) groups is 1. The van der Waals surface area contributed by atoms with Crippen LogP contribution in [0.2, 0.25) is 0 Å². The first kappa shape index (κ1) is 19.7. The quantitative estimate of drug-likeness (QED) is 0.254. The lowest BCUT2D eigenvalue weighted by molar-refractivity contribution is -0.129. The predicted octanol–water partition coefficient (Wildman–Crippen LogP) is 5.28. The summed E-state index contributed by atoms with van der Waals surface area (Å²) in [6, 6.07) is 17.4. The molecule has 7 heteroatoms. The number of carbonyl (C=O) groups is 1. The number of hydrogen-bond acceptors (Lipinski definition) is 6. The van der Waals surface area contributed by atoms with Gasteiger partial charge in [-0.15, -0.1) is 11.3 Å². The van der Waals surface area contributed by atoms with E-state index in [2.05, 4.69) is 27.6 Å². The third-order valence-corrected chi connectivity index (χ3v) is 5.79. The highest BCUT2D eigenvalue weighted by atomic mass is 127. The second-order valence-corrected chi connectivity index (χ2v) is 8.23. The van der Waals surface area contributed by atoms with Crippen molar-refractivity contribution >= 4 is 51.9 Å². The van der Waals surface area contributed by atoms with E-state index in [1.54, 1.807) is 13.2 Å². The molecule has 3 aromatic rings. The Bertz CT molecular complexity index is 1090. The van der Waals surface area contributed by atoms with Crippen molar-refractivity contribution in [2.45, 2.75) is 6.61 Å². The van der Waals surface area contributed by atoms with Gasteiger partial charge in [0, 0.05) is 0 Å². The summed E-state index contributed by atoms with van der Waals surface area (Å²) in [6.45, 7) is 0.439. The minimum absolute atomic E-state index is 0.254. The summed E-state index contributed by atoms with van der Waals surface area (Å²) in [4.78, 5) is 17.3. The molecule has 0 atom stereocenters. The van der Waals surface area contributed by atoms with Crippen LogP contribution < -0.4 is 9.47 Å². The molecule has 0 spiro atoms. The van der Waals surface area contributed by atoms with Crippen molar-refractivity contribution in [3.63, 3.8) is 0 Å². The van der Waals surface area contributed by atoms with Crippen molar-refractivity contribution in [3.8, 4) is 11.5 Å². The molecule has 1 aliphatic rings. The summed E-state index contributed by atoms with van der Waals surface area (Å²) in [5, 5.41) is 1.91. The van der Waals surface area contributed by atoms with Crippen molar-refractivity contribution in [1.29, 1.82) is 0 Å². The van der Waals surface area contributed by atoms with Crippen LogP contribution in [0, 0.1) is 3.57 Å². The number of cyclic esters (lactones) is 1. The molecular weight excluding hydrogens is 501 g/mol. The van der Waals surface area contributed by atoms with Crippen molar-refractivity contribution in [2.24, 2.45) is 4.99 Å². The van der Waals surface area contributed by atoms with Gasteiger partial charge in [0.05, 0.1) is 15.6 Å². The number of halogens is 1. The zero-order valence-electron chi connectivity index (χ0n) is 15.4. The van der Waals surface area contributed by atoms with Crippen LogP contribution in [0.3, 0.4) is 0 Å². The van der Waals surface area contributed by atoms with E-state index in [4.69, 9.17) is 14.2 Å². The number of esters is 1. The van der Waals surface area contributed by atoms with Crippen LogP contribution in [0.4, 0.5) is 0 Å². The van der Waals surface area contributed by atoms with E-state index in [1.807, 2.05) is 60.0 Å². The SMILES string of the molecule is COc1cc(/C=C2\N=C(c3cccs3)OC2=O)cc(I)c1OCc1ccccc1. The van der Waals surface area contributed by atoms with Crippen LogP contribution in [-0.2, 0) is 16.1 Å². The molecule has 4 rings (SSSR count). The average Bonchev–Trinajstić information content (AvgIpc) is 3.38. The van der Waals surface area contributed by atoms with E-state index in [9.17, 15) is 4.79 Å². The summed E-state index contributed by atoms with van der Waals surface area (Å²) < 4.78 is 17.7. The molecule has 2 aromatic carbocycles. The maximum Gasteiger partial charge on any atom is 0.363 e. The number of benzene rings is 2. The summed E-state index contributed by atoms with van der Waals surface area (Å²) >= 11 is 3.67. The highest BCUT2D eigenvalue weighted by Crippen LogP contribution is 2.35. The first-order valence-electron chi connectivity index (χ1n) is 8.75. The fourth-order valence-corrected chi connectivity index (χ4v) is 4.20. The van der Waals surface area contributed by atoms with Crippen LogP contribution in [0.15, 0.2) is 70.7 Å². The van der Waals surface area contributed by atoms with E-state index < -0.39 is 5.97 Å². The second-order valence-electron chi connectivity index (χ2n) is 6.12. The third kappa shape index (κ3) is 4.51. The Morgan fingerprint density at radius 2 is 2.00 bits per heavy atom. The van der Waals surface area contributed by atoms with E-state index in [0.29, 0.717) is 24.0 Å². The zero-order valence-corrected chi connectivity index (χ0v) is 18.4. The van der Waals surface area contributed by atoms with Gasteiger partial charge in [0.1, 0.15) is 6.61 Å². The molecule has 0 saturated carbocycles. The Labute approximate surface area is 185 Å². The summed E-state index contributed by atoms with van der Waals surface area (Å²) in [5.74, 6) is 1.12. The van der Waals surface area contributed by atoms with Crippen LogP contribution in [-0.4, -0.2) is 19.0 Å². The van der Waals surface area contributed by atoms with E-state index in [0.717, 1.165) is 19.6 Å². The summed E-state index contributed by atoms with van der Waals surface area (Å²) in [7, 11) is 1.59. The molecule has 0 amide bonds. The lowest BCUT2D eigenvalue weighted by Crippen LogP contribution is -2.03. The van der Waals surface area contributed by atoms with Crippen LogP contribution in [0.1, 0.15) is 16.0 Å². The number of hydrogen-bond donors (Lipinski definition) is 0. The topological polar surface area (TPSA) is 57.1 Å². The summed E-state index contributed by atoms with van der Waals surface area (Å²) in [6.07, 6.45) is 1.69. The number of nitrogens with zero attached hydrogens (tertiary/aromatic N) is 1. The van der Waals surface area contributed by atoms with Crippen LogP contribution in [0.25, 0.3) is 6.08 Å².